The van der Waals surface area contributed by atoms with Crippen LogP contribution in [0.15, 0.2) is 18.7 Å². The molecule has 0 aromatic carbocycles. The van der Waals surface area contributed by atoms with Crippen molar-refractivity contribution in [3.8, 4) is 0 Å². The number of nitrogens with zero attached hydrogens (tertiary/aromatic N) is 3. The number of imidazole rings is 1. The molecule has 5 heteroatoms. The van der Waals surface area contributed by atoms with Gasteiger partial charge in [-0.3, -0.25) is 9.59 Å². The molecule has 1 aliphatic heterocycles. The summed E-state index contributed by atoms with van der Waals surface area (Å²) in [4.78, 5) is 29.2. The van der Waals surface area contributed by atoms with Crippen LogP contribution < -0.4 is 0 Å². The number of aryl methyl sites for hydroxylation is 1. The Hall–Kier alpha value is -1.65. The fourth-order valence-electron chi connectivity index (χ4n) is 2.62. The molecule has 98 valence electrons. The summed E-state index contributed by atoms with van der Waals surface area (Å²) in [6.45, 7) is 5.34. The summed E-state index contributed by atoms with van der Waals surface area (Å²) in [6.07, 6.45) is 7.08. The van der Waals surface area contributed by atoms with Crippen molar-refractivity contribution in [3.63, 3.8) is 0 Å². The second kappa shape index (κ2) is 5.33. The standard InChI is InChI=1S/C13H19N3O2/c1-3-11-10(2)12(17)13(18)16(11)7-4-6-15-8-5-14-9-15/h5,8-11H,3-4,6-7H2,1-2H3. The number of carbonyl (C=O) groups is 2. The molecule has 1 amide bonds. The molecular formula is C13H19N3O2. The van der Waals surface area contributed by atoms with Gasteiger partial charge in [0.15, 0.2) is 0 Å². The number of amides is 1. The molecule has 18 heavy (non-hydrogen) atoms. The number of hydrogen-bond donors (Lipinski definition) is 0. The van der Waals surface area contributed by atoms with Crippen molar-refractivity contribution in [1.82, 2.24) is 14.5 Å². The van der Waals surface area contributed by atoms with Gasteiger partial charge in [-0.05, 0) is 12.8 Å². The molecule has 0 N–H and O–H groups in total. The third-order valence-corrected chi connectivity index (χ3v) is 3.66. The van der Waals surface area contributed by atoms with Crippen molar-refractivity contribution in [2.75, 3.05) is 6.54 Å². The van der Waals surface area contributed by atoms with Crippen LogP contribution in [-0.4, -0.2) is 38.7 Å². The highest BCUT2D eigenvalue weighted by Gasteiger charge is 2.42. The summed E-state index contributed by atoms with van der Waals surface area (Å²) in [5.41, 5.74) is 0. The number of rotatable bonds is 5. The number of carbonyl (C=O) groups excluding carboxylic acids is 2. The van der Waals surface area contributed by atoms with Crippen molar-refractivity contribution in [2.24, 2.45) is 5.92 Å². The Balaban J connectivity index is 1.91. The van der Waals surface area contributed by atoms with Crippen LogP contribution in [0.5, 0.6) is 0 Å². The van der Waals surface area contributed by atoms with E-state index in [1.165, 1.54) is 0 Å². The lowest BCUT2D eigenvalue weighted by Gasteiger charge is -2.24. The molecule has 2 heterocycles. The average Bonchev–Trinajstić information content (AvgIpc) is 2.94. The maximum absolute atomic E-state index is 11.8. The minimum absolute atomic E-state index is 0.0767. The summed E-state index contributed by atoms with van der Waals surface area (Å²) in [6, 6.07) is 0.0767. The van der Waals surface area contributed by atoms with Gasteiger partial charge in [-0.2, -0.15) is 0 Å². The summed E-state index contributed by atoms with van der Waals surface area (Å²) >= 11 is 0. The monoisotopic (exact) mass is 249 g/mol. The highest BCUT2D eigenvalue weighted by Crippen LogP contribution is 2.24. The zero-order valence-electron chi connectivity index (χ0n) is 10.9. The van der Waals surface area contributed by atoms with Gasteiger partial charge in [0.25, 0.3) is 5.91 Å². The van der Waals surface area contributed by atoms with Crippen LogP contribution in [0.1, 0.15) is 26.7 Å². The first kappa shape index (κ1) is 12.8. The molecule has 0 radical (unpaired) electrons. The Labute approximate surface area is 107 Å². The van der Waals surface area contributed by atoms with E-state index in [0.29, 0.717) is 6.54 Å². The molecule has 0 aliphatic carbocycles. The van der Waals surface area contributed by atoms with Crippen molar-refractivity contribution in [2.45, 2.75) is 39.3 Å². The van der Waals surface area contributed by atoms with Gasteiger partial charge < -0.3 is 9.47 Å². The number of hydrogen-bond acceptors (Lipinski definition) is 3. The topological polar surface area (TPSA) is 55.2 Å². The van der Waals surface area contributed by atoms with Crippen LogP contribution >= 0.6 is 0 Å². The van der Waals surface area contributed by atoms with Gasteiger partial charge in [0, 0.05) is 37.4 Å². The van der Waals surface area contributed by atoms with E-state index in [9.17, 15) is 9.59 Å². The van der Waals surface area contributed by atoms with Crippen molar-refractivity contribution >= 4 is 11.7 Å². The summed E-state index contributed by atoms with van der Waals surface area (Å²) in [7, 11) is 0. The first-order valence-corrected chi connectivity index (χ1v) is 6.45. The highest BCUT2D eigenvalue weighted by molar-refractivity contribution is 6.39. The molecule has 0 bridgehead atoms. The molecule has 1 aliphatic rings. The number of likely N-dealkylation sites (tertiary alicyclic amines) is 1. The molecular weight excluding hydrogens is 230 g/mol. The van der Waals surface area contributed by atoms with E-state index >= 15 is 0 Å². The largest absolute Gasteiger partial charge is 0.337 e. The van der Waals surface area contributed by atoms with Gasteiger partial charge in [0.2, 0.25) is 5.78 Å². The Morgan fingerprint density at radius 1 is 1.33 bits per heavy atom. The SMILES string of the molecule is CCC1C(C)C(=O)C(=O)N1CCCn1ccnc1. The van der Waals surface area contributed by atoms with Crippen LogP contribution in [0.25, 0.3) is 0 Å². The molecule has 2 atom stereocenters. The van der Waals surface area contributed by atoms with Crippen LogP contribution in [0, 0.1) is 5.92 Å². The Bertz CT molecular complexity index is 427. The smallest absolute Gasteiger partial charge is 0.290 e. The first-order chi connectivity index (χ1) is 8.65. The summed E-state index contributed by atoms with van der Waals surface area (Å²) in [5, 5.41) is 0. The van der Waals surface area contributed by atoms with E-state index in [2.05, 4.69) is 4.98 Å². The molecule has 5 nitrogen and oxygen atoms in total. The van der Waals surface area contributed by atoms with Gasteiger partial charge in [-0.15, -0.1) is 0 Å². The normalized spacial score (nSPS) is 24.0. The second-order valence-electron chi connectivity index (χ2n) is 4.78. The molecule has 2 rings (SSSR count). The maximum atomic E-state index is 11.8. The average molecular weight is 249 g/mol. The van der Waals surface area contributed by atoms with E-state index in [1.807, 2.05) is 24.6 Å². The van der Waals surface area contributed by atoms with Crippen LogP contribution in [-0.2, 0) is 16.1 Å². The van der Waals surface area contributed by atoms with E-state index in [0.717, 1.165) is 19.4 Å². The Morgan fingerprint density at radius 2 is 2.11 bits per heavy atom. The van der Waals surface area contributed by atoms with E-state index in [1.54, 1.807) is 17.4 Å². The summed E-state index contributed by atoms with van der Waals surface area (Å²) < 4.78 is 1.98. The Kier molecular flexibility index (Phi) is 3.79. The number of Topliss-reactive ketones (excluding diaryl/α,β-unsaturated/α-hetero) is 1. The van der Waals surface area contributed by atoms with Gasteiger partial charge in [-0.25, -0.2) is 4.98 Å². The van der Waals surface area contributed by atoms with Gasteiger partial charge in [0.1, 0.15) is 0 Å². The van der Waals surface area contributed by atoms with Crippen molar-refractivity contribution < 1.29 is 9.59 Å². The molecule has 1 saturated heterocycles. The molecule has 1 aromatic heterocycles. The summed E-state index contributed by atoms with van der Waals surface area (Å²) in [5.74, 6) is -0.694. The van der Waals surface area contributed by atoms with Crippen molar-refractivity contribution in [1.29, 1.82) is 0 Å². The highest BCUT2D eigenvalue weighted by atomic mass is 16.2. The van der Waals surface area contributed by atoms with Gasteiger partial charge >= 0.3 is 0 Å². The molecule has 1 aromatic rings. The lowest BCUT2D eigenvalue weighted by Crippen LogP contribution is -2.35. The van der Waals surface area contributed by atoms with Crippen LogP contribution in [0.4, 0.5) is 0 Å². The minimum atomic E-state index is -0.306. The van der Waals surface area contributed by atoms with Crippen molar-refractivity contribution in [3.05, 3.63) is 18.7 Å². The fourth-order valence-corrected chi connectivity index (χ4v) is 2.62. The van der Waals surface area contributed by atoms with Crippen LogP contribution in [0.2, 0.25) is 0 Å². The maximum Gasteiger partial charge on any atom is 0.290 e. The predicted molar refractivity (Wildman–Crippen MR) is 66.8 cm³/mol. The molecule has 2 unspecified atom stereocenters. The van der Waals surface area contributed by atoms with Gasteiger partial charge in [-0.1, -0.05) is 13.8 Å². The first-order valence-electron chi connectivity index (χ1n) is 6.45. The Morgan fingerprint density at radius 3 is 2.72 bits per heavy atom. The van der Waals surface area contributed by atoms with E-state index in [4.69, 9.17) is 0 Å². The number of ketones is 1. The molecule has 0 spiro atoms. The third kappa shape index (κ3) is 2.30. The zero-order valence-corrected chi connectivity index (χ0v) is 10.9. The minimum Gasteiger partial charge on any atom is -0.337 e. The zero-order chi connectivity index (χ0) is 13.1. The molecule has 1 fully saturated rings. The van der Waals surface area contributed by atoms with Gasteiger partial charge in [0.05, 0.1) is 6.33 Å². The fraction of sp³-hybridized carbons (Fsp3) is 0.615. The second-order valence-corrected chi connectivity index (χ2v) is 4.78. The molecule has 0 saturated carbocycles. The quantitative estimate of drug-likeness (QED) is 0.734. The lowest BCUT2D eigenvalue weighted by molar-refractivity contribution is -0.141. The van der Waals surface area contributed by atoms with Crippen LogP contribution in [0.3, 0.4) is 0 Å². The predicted octanol–water partition coefficient (Wildman–Crippen LogP) is 1.10. The van der Waals surface area contributed by atoms with E-state index in [-0.39, 0.29) is 23.7 Å². The third-order valence-electron chi connectivity index (χ3n) is 3.66. The van der Waals surface area contributed by atoms with E-state index < -0.39 is 0 Å². The number of aromatic nitrogens is 2. The lowest BCUT2D eigenvalue weighted by atomic mass is 10.00.